The molecule has 1 aromatic rings. The van der Waals surface area contributed by atoms with Crippen molar-refractivity contribution in [3.05, 3.63) is 28.8 Å². The Bertz CT molecular complexity index is 518. The van der Waals surface area contributed by atoms with Crippen LogP contribution in [0.2, 0.25) is 5.02 Å². The molecule has 3 nitrogen and oxygen atoms in total. The van der Waals surface area contributed by atoms with Crippen molar-refractivity contribution < 1.29 is 14.6 Å². The van der Waals surface area contributed by atoms with E-state index in [-0.39, 0.29) is 11.2 Å². The van der Waals surface area contributed by atoms with Crippen LogP contribution in [0.15, 0.2) is 18.2 Å². The highest BCUT2D eigenvalue weighted by atomic mass is 35.5. The maximum Gasteiger partial charge on any atom is 0.126 e. The number of halogens is 1. The van der Waals surface area contributed by atoms with Gasteiger partial charge in [0.1, 0.15) is 11.4 Å². The summed E-state index contributed by atoms with van der Waals surface area (Å²) in [6.07, 6.45) is 2.68. The number of fused-ring (bicyclic) bond motifs is 1. The molecule has 1 N–H and O–H groups in total. The van der Waals surface area contributed by atoms with E-state index in [9.17, 15) is 5.11 Å². The fourth-order valence-corrected chi connectivity index (χ4v) is 3.58. The standard InChI is InChI=1S/C16H21ClO3/c1-3-15(2)10-16(6-7-19-15)9-13(18)12-8-11(17)4-5-14(12)20-16/h4-5,8,13,18H,3,6-7,9-10H2,1-2H3/t13-,15?,16?/m1/s1. The van der Waals surface area contributed by atoms with Gasteiger partial charge in [0.25, 0.3) is 0 Å². The highest BCUT2D eigenvalue weighted by molar-refractivity contribution is 6.30. The average Bonchev–Trinajstić information content (AvgIpc) is 2.40. The van der Waals surface area contributed by atoms with Crippen LogP contribution in [0.4, 0.5) is 0 Å². The minimum absolute atomic E-state index is 0.165. The van der Waals surface area contributed by atoms with Crippen molar-refractivity contribution in [1.82, 2.24) is 0 Å². The molecule has 2 heterocycles. The van der Waals surface area contributed by atoms with Crippen molar-refractivity contribution in [1.29, 1.82) is 0 Å². The summed E-state index contributed by atoms with van der Waals surface area (Å²) in [5, 5.41) is 11.1. The molecule has 0 aliphatic carbocycles. The first-order valence-corrected chi connectivity index (χ1v) is 7.64. The van der Waals surface area contributed by atoms with Crippen LogP contribution in [0.25, 0.3) is 0 Å². The van der Waals surface area contributed by atoms with Crippen molar-refractivity contribution in [2.24, 2.45) is 0 Å². The molecule has 0 radical (unpaired) electrons. The number of hydrogen-bond acceptors (Lipinski definition) is 3. The van der Waals surface area contributed by atoms with Gasteiger partial charge in [-0.05, 0) is 31.5 Å². The maximum atomic E-state index is 10.5. The fourth-order valence-electron chi connectivity index (χ4n) is 3.40. The summed E-state index contributed by atoms with van der Waals surface area (Å²) in [6.45, 7) is 4.94. The van der Waals surface area contributed by atoms with Gasteiger partial charge in [0.15, 0.2) is 0 Å². The molecule has 1 saturated heterocycles. The number of aliphatic hydroxyl groups excluding tert-OH is 1. The summed E-state index contributed by atoms with van der Waals surface area (Å²) in [7, 11) is 0. The quantitative estimate of drug-likeness (QED) is 0.855. The Morgan fingerprint density at radius 1 is 1.45 bits per heavy atom. The van der Waals surface area contributed by atoms with E-state index in [1.165, 1.54) is 0 Å². The lowest BCUT2D eigenvalue weighted by atomic mass is 9.76. The summed E-state index contributed by atoms with van der Waals surface area (Å²) in [5.41, 5.74) is 0.318. The summed E-state index contributed by atoms with van der Waals surface area (Å²) in [6, 6.07) is 5.47. The molecule has 1 aromatic carbocycles. The lowest BCUT2D eigenvalue weighted by Crippen LogP contribution is -2.52. The normalized spacial score (nSPS) is 36.5. The van der Waals surface area contributed by atoms with Crippen molar-refractivity contribution in [3.63, 3.8) is 0 Å². The van der Waals surface area contributed by atoms with Crippen LogP contribution in [0, 0.1) is 0 Å². The number of benzene rings is 1. The minimum Gasteiger partial charge on any atom is -0.487 e. The summed E-state index contributed by atoms with van der Waals surface area (Å²) < 4.78 is 12.2. The van der Waals surface area contributed by atoms with Gasteiger partial charge in [0, 0.05) is 29.8 Å². The monoisotopic (exact) mass is 296 g/mol. The highest BCUT2D eigenvalue weighted by Gasteiger charge is 2.48. The Labute approximate surface area is 124 Å². The molecule has 2 unspecified atom stereocenters. The smallest absolute Gasteiger partial charge is 0.126 e. The van der Waals surface area contributed by atoms with E-state index in [2.05, 4.69) is 13.8 Å². The molecule has 0 bridgehead atoms. The van der Waals surface area contributed by atoms with Gasteiger partial charge in [-0.3, -0.25) is 0 Å². The van der Waals surface area contributed by atoms with E-state index in [1.54, 1.807) is 6.07 Å². The van der Waals surface area contributed by atoms with Crippen LogP contribution in [0.5, 0.6) is 5.75 Å². The molecule has 3 rings (SSSR count). The Morgan fingerprint density at radius 2 is 2.25 bits per heavy atom. The molecule has 0 aromatic heterocycles. The predicted molar refractivity (Wildman–Crippen MR) is 78.3 cm³/mol. The number of aliphatic hydroxyl groups is 1. The van der Waals surface area contributed by atoms with Gasteiger partial charge in [-0.25, -0.2) is 0 Å². The molecule has 2 aliphatic rings. The third kappa shape index (κ3) is 2.43. The SMILES string of the molecule is CCC1(C)CC2(CCO1)C[C@@H](O)c1cc(Cl)ccc1O2. The molecule has 1 spiro atoms. The lowest BCUT2D eigenvalue weighted by Gasteiger charge is -2.49. The van der Waals surface area contributed by atoms with Crippen LogP contribution in [0.3, 0.4) is 0 Å². The predicted octanol–water partition coefficient (Wildman–Crippen LogP) is 3.87. The van der Waals surface area contributed by atoms with E-state index in [1.807, 2.05) is 12.1 Å². The second kappa shape index (κ2) is 4.90. The second-order valence-electron chi connectivity index (χ2n) is 6.27. The zero-order valence-corrected chi connectivity index (χ0v) is 12.7. The largest absolute Gasteiger partial charge is 0.487 e. The molecule has 0 amide bonds. The van der Waals surface area contributed by atoms with E-state index >= 15 is 0 Å². The first-order valence-electron chi connectivity index (χ1n) is 7.26. The zero-order chi connectivity index (χ0) is 14.4. The van der Waals surface area contributed by atoms with Crippen LogP contribution < -0.4 is 4.74 Å². The highest BCUT2D eigenvalue weighted by Crippen LogP contribution is 2.48. The zero-order valence-electron chi connectivity index (χ0n) is 12.0. The van der Waals surface area contributed by atoms with Gasteiger partial charge < -0.3 is 14.6 Å². The van der Waals surface area contributed by atoms with Crippen LogP contribution in [-0.2, 0) is 4.74 Å². The molecular weight excluding hydrogens is 276 g/mol. The minimum atomic E-state index is -0.517. The number of rotatable bonds is 1. The van der Waals surface area contributed by atoms with Crippen molar-refractivity contribution in [2.75, 3.05) is 6.61 Å². The number of ether oxygens (including phenoxy) is 2. The van der Waals surface area contributed by atoms with Gasteiger partial charge in [-0.2, -0.15) is 0 Å². The Kier molecular flexibility index (Phi) is 3.47. The van der Waals surface area contributed by atoms with Crippen LogP contribution in [-0.4, -0.2) is 22.9 Å². The van der Waals surface area contributed by atoms with Gasteiger partial charge in [0.2, 0.25) is 0 Å². The molecule has 2 aliphatic heterocycles. The molecule has 1 fully saturated rings. The van der Waals surface area contributed by atoms with E-state index in [0.717, 1.165) is 30.6 Å². The Morgan fingerprint density at radius 3 is 3.00 bits per heavy atom. The topological polar surface area (TPSA) is 38.7 Å². The summed E-state index contributed by atoms with van der Waals surface area (Å²) >= 11 is 6.00. The number of hydrogen-bond donors (Lipinski definition) is 1. The Balaban J connectivity index is 1.92. The molecule has 3 atom stereocenters. The third-order valence-corrected chi connectivity index (χ3v) is 4.91. The van der Waals surface area contributed by atoms with Gasteiger partial charge in [0.05, 0.1) is 18.3 Å². The summed E-state index contributed by atoms with van der Waals surface area (Å²) in [4.78, 5) is 0. The molecule has 0 saturated carbocycles. The van der Waals surface area contributed by atoms with Gasteiger partial charge in [-0.15, -0.1) is 0 Å². The van der Waals surface area contributed by atoms with Crippen LogP contribution >= 0.6 is 11.6 Å². The van der Waals surface area contributed by atoms with Gasteiger partial charge >= 0.3 is 0 Å². The van der Waals surface area contributed by atoms with Crippen molar-refractivity contribution in [2.45, 2.75) is 56.8 Å². The lowest BCUT2D eigenvalue weighted by molar-refractivity contribution is -0.160. The third-order valence-electron chi connectivity index (χ3n) is 4.67. The first kappa shape index (κ1) is 14.2. The maximum absolute atomic E-state index is 10.5. The summed E-state index contributed by atoms with van der Waals surface area (Å²) in [5.74, 6) is 0.758. The molecule has 4 heteroatoms. The van der Waals surface area contributed by atoms with E-state index in [0.29, 0.717) is 18.1 Å². The van der Waals surface area contributed by atoms with Crippen LogP contribution in [0.1, 0.15) is 51.2 Å². The average molecular weight is 297 g/mol. The molecule has 110 valence electrons. The first-order chi connectivity index (χ1) is 9.45. The molecular formula is C16H21ClO3. The van der Waals surface area contributed by atoms with Gasteiger partial charge in [-0.1, -0.05) is 18.5 Å². The van der Waals surface area contributed by atoms with Crippen molar-refractivity contribution in [3.8, 4) is 5.75 Å². The van der Waals surface area contributed by atoms with Crippen molar-refractivity contribution >= 4 is 11.6 Å². The molecule has 20 heavy (non-hydrogen) atoms. The Hall–Kier alpha value is -0.770. The van der Waals surface area contributed by atoms with E-state index in [4.69, 9.17) is 21.1 Å². The second-order valence-corrected chi connectivity index (χ2v) is 6.70. The van der Waals surface area contributed by atoms with E-state index < -0.39 is 6.10 Å². The fraction of sp³-hybridized carbons (Fsp3) is 0.625.